The first-order chi connectivity index (χ1) is 9.88. The Morgan fingerprint density at radius 1 is 1.19 bits per heavy atom. The third kappa shape index (κ3) is 3.90. The predicted octanol–water partition coefficient (Wildman–Crippen LogP) is 3.90. The second kappa shape index (κ2) is 6.69. The lowest BCUT2D eigenvalue weighted by molar-refractivity contribution is 0.626. The van der Waals surface area contributed by atoms with Gasteiger partial charge in [0.05, 0.1) is 15.8 Å². The summed E-state index contributed by atoms with van der Waals surface area (Å²) >= 11 is 5.71. The number of hydrogen-bond acceptors (Lipinski definition) is 2. The molecule has 2 atom stereocenters. The van der Waals surface area contributed by atoms with Crippen molar-refractivity contribution in [1.29, 1.82) is 0 Å². The molecule has 0 aliphatic carbocycles. The predicted molar refractivity (Wildman–Crippen MR) is 85.5 cm³/mol. The van der Waals surface area contributed by atoms with Gasteiger partial charge in [-0.05, 0) is 48.7 Å². The summed E-state index contributed by atoms with van der Waals surface area (Å²) in [7, 11) is -1.32. The van der Waals surface area contributed by atoms with Crippen LogP contribution in [0.5, 0.6) is 0 Å². The van der Waals surface area contributed by atoms with Crippen LogP contribution in [0.15, 0.2) is 41.3 Å². The van der Waals surface area contributed by atoms with Gasteiger partial charge in [-0.2, -0.15) is 0 Å². The third-order valence-corrected chi connectivity index (χ3v) is 5.18. The maximum Gasteiger partial charge on any atom is 0.141 e. The Hall–Kier alpha value is -1.23. The van der Waals surface area contributed by atoms with Gasteiger partial charge in [0.2, 0.25) is 0 Å². The van der Waals surface area contributed by atoms with E-state index in [1.807, 2.05) is 32.0 Å². The molecule has 0 aromatic heterocycles. The lowest BCUT2D eigenvalue weighted by atomic mass is 10.0. The summed E-state index contributed by atoms with van der Waals surface area (Å²) in [4.78, 5) is 0.487. The molecule has 2 aromatic carbocycles. The van der Waals surface area contributed by atoms with Crippen LogP contribution in [0.4, 0.5) is 4.39 Å². The Bertz CT molecular complexity index is 690. The van der Waals surface area contributed by atoms with Crippen LogP contribution in [-0.4, -0.2) is 9.96 Å². The molecule has 2 unspecified atom stereocenters. The Labute approximate surface area is 131 Å². The smallest absolute Gasteiger partial charge is 0.141 e. The van der Waals surface area contributed by atoms with Crippen LogP contribution >= 0.6 is 11.6 Å². The lowest BCUT2D eigenvalue weighted by Crippen LogP contribution is -2.18. The zero-order valence-electron chi connectivity index (χ0n) is 11.9. The number of halogens is 2. The standard InChI is InChI=1S/C16H17ClFNOS/c1-10-3-4-12(7-11(10)2)16(19)9-21(20)13-5-6-15(18)14(17)8-13/h3-8,16H,9,19H2,1-2H3. The fraction of sp³-hybridized carbons (Fsp3) is 0.250. The van der Waals surface area contributed by atoms with Crippen molar-refractivity contribution in [3.8, 4) is 0 Å². The van der Waals surface area contributed by atoms with E-state index in [4.69, 9.17) is 17.3 Å². The molecule has 0 aliphatic rings. The molecule has 2 N–H and O–H groups in total. The average Bonchev–Trinajstić information content (AvgIpc) is 2.44. The van der Waals surface area contributed by atoms with Crippen molar-refractivity contribution in [3.63, 3.8) is 0 Å². The van der Waals surface area contributed by atoms with E-state index in [0.717, 1.165) is 11.1 Å². The second-order valence-electron chi connectivity index (χ2n) is 5.04. The largest absolute Gasteiger partial charge is 0.323 e. The van der Waals surface area contributed by atoms with E-state index in [1.165, 1.54) is 23.8 Å². The SMILES string of the molecule is Cc1ccc(C(N)CS(=O)c2ccc(F)c(Cl)c2)cc1C. The molecule has 0 radical (unpaired) electrons. The van der Waals surface area contributed by atoms with E-state index in [-0.39, 0.29) is 16.8 Å². The minimum absolute atomic E-state index is 0.0272. The minimum Gasteiger partial charge on any atom is -0.323 e. The van der Waals surface area contributed by atoms with Crippen LogP contribution < -0.4 is 5.73 Å². The van der Waals surface area contributed by atoms with Gasteiger partial charge >= 0.3 is 0 Å². The fourth-order valence-corrected chi connectivity index (χ4v) is 3.39. The van der Waals surface area contributed by atoms with Crippen molar-refractivity contribution in [3.05, 3.63) is 63.9 Å². The van der Waals surface area contributed by atoms with Gasteiger partial charge in [0, 0.05) is 16.7 Å². The van der Waals surface area contributed by atoms with E-state index in [0.29, 0.717) is 4.90 Å². The van der Waals surface area contributed by atoms with Gasteiger partial charge in [-0.25, -0.2) is 4.39 Å². The molecule has 0 amide bonds. The number of rotatable bonds is 4. The van der Waals surface area contributed by atoms with Gasteiger partial charge < -0.3 is 5.73 Å². The number of hydrogen-bond donors (Lipinski definition) is 1. The van der Waals surface area contributed by atoms with Crippen molar-refractivity contribution in [2.75, 3.05) is 5.75 Å². The maximum absolute atomic E-state index is 13.1. The summed E-state index contributed by atoms with van der Waals surface area (Å²) in [6.07, 6.45) is 0. The molecule has 0 aliphatic heterocycles. The van der Waals surface area contributed by atoms with Crippen LogP contribution in [0, 0.1) is 19.7 Å². The Morgan fingerprint density at radius 3 is 2.52 bits per heavy atom. The summed E-state index contributed by atoms with van der Waals surface area (Å²) in [6, 6.07) is 9.70. The number of benzene rings is 2. The van der Waals surface area contributed by atoms with Crippen LogP contribution in [-0.2, 0) is 10.8 Å². The van der Waals surface area contributed by atoms with E-state index >= 15 is 0 Å². The van der Waals surface area contributed by atoms with Crippen molar-refractivity contribution in [2.45, 2.75) is 24.8 Å². The fourth-order valence-electron chi connectivity index (χ4n) is 1.97. The Morgan fingerprint density at radius 2 is 1.90 bits per heavy atom. The molecule has 2 aromatic rings. The van der Waals surface area contributed by atoms with Gasteiger partial charge in [-0.15, -0.1) is 0 Å². The van der Waals surface area contributed by atoms with Crippen molar-refractivity contribution in [2.24, 2.45) is 5.73 Å². The van der Waals surface area contributed by atoms with Gasteiger partial charge in [0.15, 0.2) is 0 Å². The summed E-state index contributed by atoms with van der Waals surface area (Å²) in [6.45, 7) is 4.05. The molecule has 21 heavy (non-hydrogen) atoms. The minimum atomic E-state index is -1.32. The summed E-state index contributed by atoms with van der Waals surface area (Å²) in [5.41, 5.74) is 9.41. The monoisotopic (exact) mass is 325 g/mol. The topological polar surface area (TPSA) is 43.1 Å². The lowest BCUT2D eigenvalue weighted by Gasteiger charge is -2.13. The van der Waals surface area contributed by atoms with Crippen LogP contribution in [0.1, 0.15) is 22.7 Å². The molecular formula is C16H17ClFNOS. The summed E-state index contributed by atoms with van der Waals surface area (Å²) in [5, 5.41) is -0.0272. The molecule has 0 spiro atoms. The van der Waals surface area contributed by atoms with Crippen molar-refractivity contribution in [1.82, 2.24) is 0 Å². The van der Waals surface area contributed by atoms with Crippen LogP contribution in [0.25, 0.3) is 0 Å². The van der Waals surface area contributed by atoms with Crippen LogP contribution in [0.2, 0.25) is 5.02 Å². The molecule has 0 saturated carbocycles. The molecule has 0 fully saturated rings. The molecule has 5 heteroatoms. The highest BCUT2D eigenvalue weighted by Gasteiger charge is 2.14. The highest BCUT2D eigenvalue weighted by atomic mass is 35.5. The Kier molecular flexibility index (Phi) is 5.14. The molecular weight excluding hydrogens is 309 g/mol. The van der Waals surface area contributed by atoms with Crippen LogP contribution in [0.3, 0.4) is 0 Å². The average molecular weight is 326 g/mol. The van der Waals surface area contributed by atoms with Gasteiger partial charge in [-0.1, -0.05) is 29.8 Å². The second-order valence-corrected chi connectivity index (χ2v) is 6.94. The maximum atomic E-state index is 13.1. The van der Waals surface area contributed by atoms with E-state index in [1.54, 1.807) is 0 Å². The van der Waals surface area contributed by atoms with Crippen molar-refractivity contribution < 1.29 is 8.60 Å². The van der Waals surface area contributed by atoms with E-state index in [9.17, 15) is 8.60 Å². The van der Waals surface area contributed by atoms with Gasteiger partial charge in [-0.3, -0.25) is 4.21 Å². The summed E-state index contributed by atoms with van der Waals surface area (Å²) in [5.74, 6) is -0.249. The van der Waals surface area contributed by atoms with Crippen molar-refractivity contribution >= 4 is 22.4 Å². The highest BCUT2D eigenvalue weighted by Crippen LogP contribution is 2.21. The Balaban J connectivity index is 2.14. The molecule has 0 saturated heterocycles. The first kappa shape index (κ1) is 16.1. The quantitative estimate of drug-likeness (QED) is 0.926. The first-order valence-corrected chi connectivity index (χ1v) is 8.24. The molecule has 2 rings (SSSR count). The normalized spacial score (nSPS) is 14.0. The molecule has 112 valence electrons. The molecule has 0 heterocycles. The summed E-state index contributed by atoms with van der Waals surface area (Å²) < 4.78 is 25.4. The highest BCUT2D eigenvalue weighted by molar-refractivity contribution is 7.85. The van der Waals surface area contributed by atoms with E-state index in [2.05, 4.69) is 0 Å². The number of nitrogens with two attached hydrogens (primary N) is 1. The number of aryl methyl sites for hydroxylation is 2. The van der Waals surface area contributed by atoms with Gasteiger partial charge in [0.1, 0.15) is 5.82 Å². The first-order valence-electron chi connectivity index (χ1n) is 6.54. The third-order valence-electron chi connectivity index (χ3n) is 3.44. The van der Waals surface area contributed by atoms with E-state index < -0.39 is 16.6 Å². The molecule has 0 bridgehead atoms. The van der Waals surface area contributed by atoms with Gasteiger partial charge in [0.25, 0.3) is 0 Å². The zero-order valence-corrected chi connectivity index (χ0v) is 13.5. The zero-order chi connectivity index (χ0) is 15.6. The molecule has 2 nitrogen and oxygen atoms in total.